The molecule has 1 atom stereocenters. The molecule has 2 aliphatic heterocycles. The number of amides is 5. The molecule has 3 rings (SSSR count). The van der Waals surface area contributed by atoms with Crippen LogP contribution in [0.4, 0.5) is 4.79 Å². The van der Waals surface area contributed by atoms with Crippen molar-refractivity contribution in [3.63, 3.8) is 0 Å². The monoisotopic (exact) mass is 386 g/mol. The summed E-state index contributed by atoms with van der Waals surface area (Å²) in [4.78, 5) is 52.3. The zero-order valence-corrected chi connectivity index (χ0v) is 16.1. The van der Waals surface area contributed by atoms with Gasteiger partial charge in [-0.1, -0.05) is 37.3 Å². The van der Waals surface area contributed by atoms with Crippen LogP contribution in [0.15, 0.2) is 30.3 Å². The van der Waals surface area contributed by atoms with Crippen LogP contribution in [0.1, 0.15) is 38.2 Å². The predicted octanol–water partition coefficient (Wildman–Crippen LogP) is 0.972. The van der Waals surface area contributed by atoms with Gasteiger partial charge < -0.3 is 15.5 Å². The standard InChI is InChI=1S/C20H26N4O4/c1-2-20(15-8-4-3-5-9-15)18(27)24(19(28)22-20)14-16(25)21-11-10-17(26)23-12-6-7-13-23/h3-5,8-9H,2,6-7,10-14H2,1H3,(H,21,25)(H,22,28)/t20-/m0/s1. The fraction of sp³-hybridized carbons (Fsp3) is 0.500. The van der Waals surface area contributed by atoms with Gasteiger partial charge in [-0.15, -0.1) is 0 Å². The van der Waals surface area contributed by atoms with Crippen molar-refractivity contribution >= 4 is 23.8 Å². The van der Waals surface area contributed by atoms with Crippen molar-refractivity contribution in [1.29, 1.82) is 0 Å². The Morgan fingerprint density at radius 2 is 1.82 bits per heavy atom. The average Bonchev–Trinajstić information content (AvgIpc) is 3.32. The third-order valence-electron chi connectivity index (χ3n) is 5.39. The summed E-state index contributed by atoms with van der Waals surface area (Å²) in [5.74, 6) is -0.881. The lowest BCUT2D eigenvalue weighted by Gasteiger charge is -2.25. The van der Waals surface area contributed by atoms with Crippen molar-refractivity contribution in [2.45, 2.75) is 38.1 Å². The first kappa shape index (κ1) is 19.9. The Kier molecular flexibility index (Phi) is 5.96. The summed E-state index contributed by atoms with van der Waals surface area (Å²) >= 11 is 0. The van der Waals surface area contributed by atoms with Gasteiger partial charge in [-0.2, -0.15) is 0 Å². The van der Waals surface area contributed by atoms with Crippen LogP contribution in [0.25, 0.3) is 0 Å². The van der Waals surface area contributed by atoms with Gasteiger partial charge in [0.2, 0.25) is 11.8 Å². The molecule has 0 spiro atoms. The van der Waals surface area contributed by atoms with Crippen LogP contribution in [0.2, 0.25) is 0 Å². The summed E-state index contributed by atoms with van der Waals surface area (Å²) in [7, 11) is 0. The highest BCUT2D eigenvalue weighted by molar-refractivity contribution is 6.09. The lowest BCUT2D eigenvalue weighted by atomic mass is 9.87. The van der Waals surface area contributed by atoms with Gasteiger partial charge in [-0.25, -0.2) is 4.79 Å². The number of benzene rings is 1. The number of nitrogens with zero attached hydrogens (tertiary/aromatic N) is 2. The topological polar surface area (TPSA) is 98.8 Å². The van der Waals surface area contributed by atoms with E-state index in [0.717, 1.165) is 30.8 Å². The van der Waals surface area contributed by atoms with Crippen molar-refractivity contribution < 1.29 is 19.2 Å². The van der Waals surface area contributed by atoms with E-state index < -0.39 is 23.4 Å². The quantitative estimate of drug-likeness (QED) is 0.682. The number of carbonyl (C=O) groups excluding carboxylic acids is 4. The van der Waals surface area contributed by atoms with Crippen molar-refractivity contribution in [2.24, 2.45) is 0 Å². The molecule has 2 N–H and O–H groups in total. The van der Waals surface area contributed by atoms with Crippen LogP contribution >= 0.6 is 0 Å². The minimum atomic E-state index is -1.15. The molecule has 0 unspecified atom stereocenters. The van der Waals surface area contributed by atoms with E-state index in [4.69, 9.17) is 0 Å². The molecule has 1 aromatic carbocycles. The molecule has 0 bridgehead atoms. The van der Waals surface area contributed by atoms with Gasteiger partial charge in [0.05, 0.1) is 0 Å². The predicted molar refractivity (Wildman–Crippen MR) is 102 cm³/mol. The normalized spacial score (nSPS) is 21.8. The molecule has 2 saturated heterocycles. The molecule has 0 saturated carbocycles. The molecular formula is C20H26N4O4. The van der Waals surface area contributed by atoms with Gasteiger partial charge in [0, 0.05) is 26.1 Å². The molecule has 8 nitrogen and oxygen atoms in total. The Morgan fingerprint density at radius 1 is 1.14 bits per heavy atom. The summed E-state index contributed by atoms with van der Waals surface area (Å²) in [5, 5.41) is 5.38. The average molecular weight is 386 g/mol. The second kappa shape index (κ2) is 8.41. The van der Waals surface area contributed by atoms with E-state index in [-0.39, 0.29) is 25.4 Å². The SMILES string of the molecule is CC[C@@]1(c2ccccc2)NC(=O)N(CC(=O)NCCC(=O)N2CCCC2)C1=O. The van der Waals surface area contributed by atoms with Gasteiger partial charge in [-0.3, -0.25) is 19.3 Å². The zero-order valence-electron chi connectivity index (χ0n) is 16.1. The molecule has 0 aromatic heterocycles. The lowest BCUT2D eigenvalue weighted by Crippen LogP contribution is -2.45. The third-order valence-corrected chi connectivity index (χ3v) is 5.39. The fourth-order valence-corrected chi connectivity index (χ4v) is 3.76. The van der Waals surface area contributed by atoms with E-state index in [1.54, 1.807) is 29.2 Å². The molecule has 0 radical (unpaired) electrons. The Labute approximate surface area is 164 Å². The van der Waals surface area contributed by atoms with Crippen LogP contribution in [0, 0.1) is 0 Å². The van der Waals surface area contributed by atoms with E-state index in [2.05, 4.69) is 10.6 Å². The maximum Gasteiger partial charge on any atom is 0.325 e. The number of likely N-dealkylation sites (tertiary alicyclic amines) is 1. The van der Waals surface area contributed by atoms with Crippen molar-refractivity contribution in [1.82, 2.24) is 20.4 Å². The first-order valence-electron chi connectivity index (χ1n) is 9.72. The minimum absolute atomic E-state index is 0.0156. The number of carbonyl (C=O) groups is 4. The third kappa shape index (κ3) is 3.85. The molecule has 5 amide bonds. The van der Waals surface area contributed by atoms with Gasteiger partial charge in [0.1, 0.15) is 12.1 Å². The number of imide groups is 1. The first-order chi connectivity index (χ1) is 13.5. The summed E-state index contributed by atoms with van der Waals surface area (Å²) in [6.07, 6.45) is 2.63. The molecule has 0 aliphatic carbocycles. The maximum atomic E-state index is 13.0. The van der Waals surface area contributed by atoms with E-state index >= 15 is 0 Å². The number of hydrogen-bond acceptors (Lipinski definition) is 4. The molecule has 2 fully saturated rings. The lowest BCUT2D eigenvalue weighted by molar-refractivity contribution is -0.135. The Morgan fingerprint density at radius 3 is 2.46 bits per heavy atom. The Balaban J connectivity index is 1.56. The molecule has 28 heavy (non-hydrogen) atoms. The molecule has 1 aromatic rings. The maximum absolute atomic E-state index is 13.0. The number of rotatable bonds is 7. The number of hydrogen-bond donors (Lipinski definition) is 2. The summed E-state index contributed by atoms with van der Waals surface area (Å²) in [5.41, 5.74) is -0.459. The fourth-order valence-electron chi connectivity index (χ4n) is 3.76. The molecule has 8 heteroatoms. The second-order valence-electron chi connectivity index (χ2n) is 7.13. The van der Waals surface area contributed by atoms with E-state index in [1.165, 1.54) is 0 Å². The summed E-state index contributed by atoms with van der Waals surface area (Å²) < 4.78 is 0. The van der Waals surface area contributed by atoms with Crippen LogP contribution in [-0.4, -0.2) is 59.7 Å². The zero-order chi connectivity index (χ0) is 20.1. The van der Waals surface area contributed by atoms with E-state index in [9.17, 15) is 19.2 Å². The highest BCUT2D eigenvalue weighted by Gasteiger charge is 2.51. The van der Waals surface area contributed by atoms with Crippen LogP contribution < -0.4 is 10.6 Å². The summed E-state index contributed by atoms with van der Waals surface area (Å²) in [6.45, 7) is 3.19. The molecular weight excluding hydrogens is 360 g/mol. The van der Waals surface area contributed by atoms with Crippen molar-refractivity contribution in [3.05, 3.63) is 35.9 Å². The van der Waals surface area contributed by atoms with Crippen LogP contribution in [0.3, 0.4) is 0 Å². The number of urea groups is 1. The summed E-state index contributed by atoms with van der Waals surface area (Å²) in [6, 6.07) is 8.43. The van der Waals surface area contributed by atoms with Crippen molar-refractivity contribution in [2.75, 3.05) is 26.2 Å². The molecule has 2 heterocycles. The van der Waals surface area contributed by atoms with Gasteiger partial charge in [0.25, 0.3) is 5.91 Å². The Bertz CT molecular complexity index is 761. The van der Waals surface area contributed by atoms with Gasteiger partial charge in [0.15, 0.2) is 0 Å². The first-order valence-corrected chi connectivity index (χ1v) is 9.72. The van der Waals surface area contributed by atoms with Gasteiger partial charge in [-0.05, 0) is 24.8 Å². The number of nitrogens with one attached hydrogen (secondary N) is 2. The Hall–Kier alpha value is -2.90. The van der Waals surface area contributed by atoms with Crippen LogP contribution in [-0.2, 0) is 19.9 Å². The van der Waals surface area contributed by atoms with Gasteiger partial charge >= 0.3 is 6.03 Å². The van der Waals surface area contributed by atoms with Crippen molar-refractivity contribution in [3.8, 4) is 0 Å². The van der Waals surface area contributed by atoms with E-state index in [0.29, 0.717) is 12.0 Å². The highest BCUT2D eigenvalue weighted by atomic mass is 16.2. The largest absolute Gasteiger partial charge is 0.354 e. The minimum Gasteiger partial charge on any atom is -0.354 e. The van der Waals surface area contributed by atoms with Crippen LogP contribution in [0.5, 0.6) is 0 Å². The van der Waals surface area contributed by atoms with E-state index in [1.807, 2.05) is 13.0 Å². The second-order valence-corrected chi connectivity index (χ2v) is 7.13. The smallest absolute Gasteiger partial charge is 0.325 e. The highest BCUT2D eigenvalue weighted by Crippen LogP contribution is 2.32. The molecule has 2 aliphatic rings. The molecule has 150 valence electrons.